The maximum absolute atomic E-state index is 11.6. The summed E-state index contributed by atoms with van der Waals surface area (Å²) in [7, 11) is 0. The molecule has 0 aliphatic heterocycles. The highest BCUT2D eigenvalue weighted by Crippen LogP contribution is 2.39. The van der Waals surface area contributed by atoms with E-state index >= 15 is 0 Å². The molecule has 1 N–H and O–H groups in total. The third-order valence-corrected chi connectivity index (χ3v) is 4.37. The number of nitrogens with zero attached hydrogens (tertiary/aromatic N) is 3. The molecule has 2 aromatic carbocycles. The van der Waals surface area contributed by atoms with E-state index in [1.807, 2.05) is 37.3 Å². The molecule has 1 heterocycles. The Balaban J connectivity index is 1.76. The van der Waals surface area contributed by atoms with Crippen molar-refractivity contribution in [2.24, 2.45) is 0 Å². The van der Waals surface area contributed by atoms with Gasteiger partial charge in [0.2, 0.25) is 0 Å². The molecule has 0 amide bonds. The van der Waals surface area contributed by atoms with Gasteiger partial charge in [-0.3, -0.25) is 0 Å². The van der Waals surface area contributed by atoms with Crippen LogP contribution in [0.5, 0.6) is 5.75 Å². The lowest BCUT2D eigenvalue weighted by Crippen LogP contribution is -2.14. The van der Waals surface area contributed by atoms with Crippen molar-refractivity contribution in [2.45, 2.75) is 31.8 Å². The number of carboxylic acid groups (broad SMARTS) is 1. The zero-order chi connectivity index (χ0) is 18.1. The standard InChI is InChI=1S/C20H19N3O3/c1-13(26-15-7-3-2-4-8-15)19-21-18(14-11-12-14)22-23(19)17-10-6-5-9-16(17)20(24)25/h2-10,13-14H,11-12H2,1H3,(H,24,25)/t13-/m1/s1. The van der Waals surface area contributed by atoms with Crippen molar-refractivity contribution >= 4 is 5.97 Å². The predicted molar refractivity (Wildman–Crippen MR) is 95.8 cm³/mol. The fourth-order valence-electron chi connectivity index (χ4n) is 2.89. The molecule has 132 valence electrons. The van der Waals surface area contributed by atoms with Gasteiger partial charge in [-0.25, -0.2) is 14.5 Å². The maximum atomic E-state index is 11.6. The van der Waals surface area contributed by atoms with E-state index in [2.05, 4.69) is 10.1 Å². The average Bonchev–Trinajstić information content (AvgIpc) is 3.41. The smallest absolute Gasteiger partial charge is 0.337 e. The first kappa shape index (κ1) is 16.3. The van der Waals surface area contributed by atoms with Gasteiger partial charge in [-0.2, -0.15) is 5.10 Å². The minimum atomic E-state index is -0.994. The zero-order valence-electron chi connectivity index (χ0n) is 14.4. The molecule has 0 radical (unpaired) electrons. The molecule has 1 aliphatic carbocycles. The van der Waals surface area contributed by atoms with Crippen LogP contribution in [-0.2, 0) is 0 Å². The Morgan fingerprint density at radius 2 is 1.85 bits per heavy atom. The van der Waals surface area contributed by atoms with Crippen LogP contribution in [0, 0.1) is 0 Å². The fraction of sp³-hybridized carbons (Fsp3) is 0.250. The van der Waals surface area contributed by atoms with Crippen LogP contribution in [0.4, 0.5) is 0 Å². The second-order valence-corrected chi connectivity index (χ2v) is 6.41. The van der Waals surface area contributed by atoms with Crippen LogP contribution in [0.15, 0.2) is 54.6 Å². The van der Waals surface area contributed by atoms with E-state index in [1.54, 1.807) is 28.9 Å². The Hall–Kier alpha value is -3.15. The third-order valence-electron chi connectivity index (χ3n) is 4.37. The number of para-hydroxylation sites is 2. The zero-order valence-corrected chi connectivity index (χ0v) is 14.4. The van der Waals surface area contributed by atoms with E-state index in [0.29, 0.717) is 17.4 Å². The highest BCUT2D eigenvalue weighted by atomic mass is 16.5. The van der Waals surface area contributed by atoms with Gasteiger partial charge < -0.3 is 9.84 Å². The summed E-state index contributed by atoms with van der Waals surface area (Å²) in [5, 5.41) is 14.1. The second-order valence-electron chi connectivity index (χ2n) is 6.41. The number of benzene rings is 2. The van der Waals surface area contributed by atoms with E-state index < -0.39 is 5.97 Å². The molecule has 1 saturated carbocycles. The molecule has 3 aromatic rings. The molecule has 0 saturated heterocycles. The number of carbonyl (C=O) groups is 1. The van der Waals surface area contributed by atoms with Crippen molar-refractivity contribution in [2.75, 3.05) is 0 Å². The maximum Gasteiger partial charge on any atom is 0.337 e. The number of hydrogen-bond acceptors (Lipinski definition) is 4. The summed E-state index contributed by atoms with van der Waals surface area (Å²) in [6.45, 7) is 1.90. The summed E-state index contributed by atoms with van der Waals surface area (Å²) in [5.41, 5.74) is 0.686. The van der Waals surface area contributed by atoms with Crippen LogP contribution >= 0.6 is 0 Å². The number of aromatic carboxylic acids is 1. The fourth-order valence-corrected chi connectivity index (χ4v) is 2.89. The van der Waals surface area contributed by atoms with E-state index in [1.165, 1.54) is 0 Å². The number of aromatic nitrogens is 3. The van der Waals surface area contributed by atoms with Crippen LogP contribution in [0.25, 0.3) is 5.69 Å². The molecule has 0 unspecified atom stereocenters. The van der Waals surface area contributed by atoms with Crippen molar-refractivity contribution in [1.82, 2.24) is 14.8 Å². The molecule has 0 spiro atoms. The van der Waals surface area contributed by atoms with Gasteiger partial charge in [0.25, 0.3) is 0 Å². The Bertz CT molecular complexity index is 932. The van der Waals surface area contributed by atoms with Crippen LogP contribution in [0.3, 0.4) is 0 Å². The molecule has 4 rings (SSSR count). The Morgan fingerprint density at radius 1 is 1.15 bits per heavy atom. The van der Waals surface area contributed by atoms with Crippen molar-refractivity contribution in [3.05, 3.63) is 71.8 Å². The molecule has 1 aromatic heterocycles. The monoisotopic (exact) mass is 349 g/mol. The Labute approximate surface area is 151 Å². The van der Waals surface area contributed by atoms with E-state index in [4.69, 9.17) is 4.74 Å². The molecule has 6 heteroatoms. The molecule has 6 nitrogen and oxygen atoms in total. The SMILES string of the molecule is C[C@@H](Oc1ccccc1)c1nc(C2CC2)nn1-c1ccccc1C(=O)O. The third kappa shape index (κ3) is 3.18. The summed E-state index contributed by atoms with van der Waals surface area (Å²) >= 11 is 0. The number of ether oxygens (including phenoxy) is 1. The first-order chi connectivity index (χ1) is 12.6. The molecular formula is C20H19N3O3. The molecule has 26 heavy (non-hydrogen) atoms. The molecule has 1 aliphatic rings. The largest absolute Gasteiger partial charge is 0.483 e. The minimum absolute atomic E-state index is 0.188. The van der Waals surface area contributed by atoms with Gasteiger partial charge >= 0.3 is 5.97 Å². The summed E-state index contributed by atoms with van der Waals surface area (Å²) < 4.78 is 7.62. The van der Waals surface area contributed by atoms with Crippen molar-refractivity contribution in [3.8, 4) is 11.4 Å². The van der Waals surface area contributed by atoms with Gasteiger partial charge in [-0.1, -0.05) is 30.3 Å². The molecule has 1 atom stereocenters. The highest BCUT2D eigenvalue weighted by molar-refractivity contribution is 5.91. The topological polar surface area (TPSA) is 77.2 Å². The average molecular weight is 349 g/mol. The number of hydrogen-bond donors (Lipinski definition) is 1. The lowest BCUT2D eigenvalue weighted by molar-refractivity contribution is 0.0696. The van der Waals surface area contributed by atoms with Gasteiger partial charge in [0, 0.05) is 5.92 Å². The van der Waals surface area contributed by atoms with E-state index in [0.717, 1.165) is 24.4 Å². The van der Waals surface area contributed by atoms with Crippen molar-refractivity contribution in [1.29, 1.82) is 0 Å². The molecule has 0 bridgehead atoms. The summed E-state index contributed by atoms with van der Waals surface area (Å²) in [5.74, 6) is 1.45. The highest BCUT2D eigenvalue weighted by Gasteiger charge is 2.31. The number of carboxylic acids is 1. The minimum Gasteiger partial charge on any atom is -0.483 e. The first-order valence-electron chi connectivity index (χ1n) is 8.64. The number of rotatable bonds is 6. The van der Waals surface area contributed by atoms with Crippen molar-refractivity contribution < 1.29 is 14.6 Å². The van der Waals surface area contributed by atoms with Gasteiger partial charge in [-0.15, -0.1) is 0 Å². The van der Waals surface area contributed by atoms with Crippen molar-refractivity contribution in [3.63, 3.8) is 0 Å². The van der Waals surface area contributed by atoms with Crippen LogP contribution in [0.2, 0.25) is 0 Å². The lowest BCUT2D eigenvalue weighted by Gasteiger charge is -2.16. The summed E-state index contributed by atoms with van der Waals surface area (Å²) in [6, 6.07) is 16.3. The van der Waals surface area contributed by atoms with Crippen LogP contribution in [-0.4, -0.2) is 25.8 Å². The first-order valence-corrected chi connectivity index (χ1v) is 8.64. The van der Waals surface area contributed by atoms with E-state index in [9.17, 15) is 9.90 Å². The quantitative estimate of drug-likeness (QED) is 0.728. The Kier molecular flexibility index (Phi) is 4.16. The summed E-state index contributed by atoms with van der Waals surface area (Å²) in [4.78, 5) is 16.3. The van der Waals surface area contributed by atoms with Gasteiger partial charge in [0.1, 0.15) is 5.75 Å². The lowest BCUT2D eigenvalue weighted by atomic mass is 10.2. The second kappa shape index (κ2) is 6.63. The predicted octanol–water partition coefficient (Wildman–Crippen LogP) is 3.98. The van der Waals surface area contributed by atoms with Gasteiger partial charge in [0.15, 0.2) is 17.8 Å². The Morgan fingerprint density at radius 3 is 2.54 bits per heavy atom. The molecular weight excluding hydrogens is 330 g/mol. The van der Waals surface area contributed by atoms with Gasteiger partial charge in [0.05, 0.1) is 11.3 Å². The van der Waals surface area contributed by atoms with E-state index in [-0.39, 0.29) is 11.7 Å². The van der Waals surface area contributed by atoms with Gasteiger partial charge in [-0.05, 0) is 44.0 Å². The van der Waals surface area contributed by atoms with Crippen LogP contribution in [0.1, 0.15) is 53.8 Å². The summed E-state index contributed by atoms with van der Waals surface area (Å²) in [6.07, 6.45) is 1.76. The van der Waals surface area contributed by atoms with Crippen LogP contribution < -0.4 is 4.74 Å². The normalized spacial score (nSPS) is 14.8. The molecule has 1 fully saturated rings.